The van der Waals surface area contributed by atoms with Crippen molar-refractivity contribution in [2.45, 2.75) is 19.9 Å². The Morgan fingerprint density at radius 3 is 3.00 bits per heavy atom. The van der Waals surface area contributed by atoms with Gasteiger partial charge >= 0.3 is 0 Å². The van der Waals surface area contributed by atoms with Crippen molar-refractivity contribution in [3.8, 4) is 0 Å². The summed E-state index contributed by atoms with van der Waals surface area (Å²) in [5.41, 5.74) is 3.54. The summed E-state index contributed by atoms with van der Waals surface area (Å²) in [7, 11) is 1.97. The van der Waals surface area contributed by atoms with E-state index >= 15 is 0 Å². The molecule has 2 heterocycles. The van der Waals surface area contributed by atoms with Crippen LogP contribution < -0.4 is 5.32 Å². The highest BCUT2D eigenvalue weighted by molar-refractivity contribution is 7.03. The summed E-state index contributed by atoms with van der Waals surface area (Å²) in [5.74, 6) is 0. The van der Waals surface area contributed by atoms with Gasteiger partial charge in [0, 0.05) is 24.7 Å². The lowest BCUT2D eigenvalue weighted by molar-refractivity contribution is 0.669. The average molecular weight is 237 g/mol. The van der Waals surface area contributed by atoms with Crippen LogP contribution in [0.15, 0.2) is 11.6 Å². The summed E-state index contributed by atoms with van der Waals surface area (Å²) in [4.78, 5) is 0. The van der Waals surface area contributed by atoms with E-state index in [4.69, 9.17) is 0 Å². The van der Waals surface area contributed by atoms with Gasteiger partial charge in [-0.05, 0) is 37.0 Å². The lowest BCUT2D eigenvalue weighted by atomic mass is 10.2. The maximum absolute atomic E-state index is 4.21. The van der Waals surface area contributed by atoms with Crippen LogP contribution in [0, 0.1) is 6.92 Å². The minimum atomic E-state index is 0.788. The van der Waals surface area contributed by atoms with Gasteiger partial charge in [0.2, 0.25) is 0 Å². The normalized spacial score (nSPS) is 10.9. The Morgan fingerprint density at radius 1 is 1.50 bits per heavy atom. The van der Waals surface area contributed by atoms with E-state index in [1.807, 2.05) is 23.3 Å². The van der Waals surface area contributed by atoms with E-state index in [0.717, 1.165) is 25.2 Å². The van der Waals surface area contributed by atoms with Gasteiger partial charge in [-0.25, -0.2) is 0 Å². The van der Waals surface area contributed by atoms with Gasteiger partial charge in [0.15, 0.2) is 0 Å². The fourth-order valence-electron chi connectivity index (χ4n) is 1.49. The average Bonchev–Trinajstić information content (AvgIpc) is 2.88. The highest BCUT2D eigenvalue weighted by Crippen LogP contribution is 2.05. The Labute approximate surface area is 98.7 Å². The summed E-state index contributed by atoms with van der Waals surface area (Å²) >= 11 is 1.39. The van der Waals surface area contributed by atoms with Crippen LogP contribution in [-0.2, 0) is 20.0 Å². The maximum Gasteiger partial charge on any atom is 0.0893 e. The first-order chi connectivity index (χ1) is 7.77. The summed E-state index contributed by atoms with van der Waals surface area (Å²) in [6, 6.07) is 0. The molecular formula is C10H15N5S. The molecule has 2 aromatic rings. The Hall–Kier alpha value is -1.27. The van der Waals surface area contributed by atoms with Crippen LogP contribution in [0.3, 0.4) is 0 Å². The van der Waals surface area contributed by atoms with E-state index in [1.54, 1.807) is 0 Å². The first kappa shape index (κ1) is 11.2. The van der Waals surface area contributed by atoms with Crippen molar-refractivity contribution >= 4 is 11.5 Å². The fourth-order valence-corrected chi connectivity index (χ4v) is 1.94. The molecule has 0 fully saturated rings. The molecule has 0 atom stereocenters. The Bertz CT molecular complexity index is 434. The SMILES string of the molecule is Cc1c(CCNCc2csnn2)cnn1C. The summed E-state index contributed by atoms with van der Waals surface area (Å²) in [6.07, 6.45) is 2.93. The molecule has 6 heteroatoms. The number of nitrogens with zero attached hydrogens (tertiary/aromatic N) is 4. The fraction of sp³-hybridized carbons (Fsp3) is 0.500. The largest absolute Gasteiger partial charge is 0.311 e. The minimum absolute atomic E-state index is 0.788. The number of hydrogen-bond acceptors (Lipinski definition) is 5. The molecule has 86 valence electrons. The van der Waals surface area contributed by atoms with Crippen LogP contribution in [-0.4, -0.2) is 25.9 Å². The Balaban J connectivity index is 1.74. The summed E-state index contributed by atoms with van der Waals surface area (Å²) < 4.78 is 5.72. The standard InChI is InChI=1S/C10H15N5S/c1-8-9(5-12-15(8)2)3-4-11-6-10-7-16-14-13-10/h5,7,11H,3-4,6H2,1-2H3. The smallest absolute Gasteiger partial charge is 0.0893 e. The van der Waals surface area contributed by atoms with Crippen molar-refractivity contribution in [3.63, 3.8) is 0 Å². The molecule has 1 N–H and O–H groups in total. The zero-order valence-electron chi connectivity index (χ0n) is 9.47. The molecule has 0 aromatic carbocycles. The highest BCUT2D eigenvalue weighted by atomic mass is 32.1. The minimum Gasteiger partial charge on any atom is -0.311 e. The lowest BCUT2D eigenvalue weighted by Gasteiger charge is -2.02. The molecule has 0 radical (unpaired) electrons. The number of aryl methyl sites for hydroxylation is 1. The van der Waals surface area contributed by atoms with E-state index in [2.05, 4.69) is 26.9 Å². The summed E-state index contributed by atoms with van der Waals surface area (Å²) in [5, 5.41) is 13.5. The number of aromatic nitrogens is 4. The van der Waals surface area contributed by atoms with Crippen molar-refractivity contribution < 1.29 is 0 Å². The monoisotopic (exact) mass is 237 g/mol. The van der Waals surface area contributed by atoms with Crippen molar-refractivity contribution in [2.75, 3.05) is 6.54 Å². The van der Waals surface area contributed by atoms with E-state index in [9.17, 15) is 0 Å². The molecule has 0 aliphatic rings. The predicted octanol–water partition coefficient (Wildman–Crippen LogP) is 0.912. The third-order valence-corrected chi connectivity index (χ3v) is 3.17. The number of nitrogens with one attached hydrogen (secondary N) is 1. The van der Waals surface area contributed by atoms with Gasteiger partial charge < -0.3 is 5.32 Å². The first-order valence-electron chi connectivity index (χ1n) is 5.21. The van der Waals surface area contributed by atoms with E-state index in [1.165, 1.54) is 22.8 Å². The molecule has 16 heavy (non-hydrogen) atoms. The van der Waals surface area contributed by atoms with Crippen LogP contribution in [0.5, 0.6) is 0 Å². The van der Waals surface area contributed by atoms with Crippen molar-refractivity contribution in [1.29, 1.82) is 0 Å². The topological polar surface area (TPSA) is 55.6 Å². The van der Waals surface area contributed by atoms with Gasteiger partial charge in [0.25, 0.3) is 0 Å². The Morgan fingerprint density at radius 2 is 2.38 bits per heavy atom. The first-order valence-corrected chi connectivity index (χ1v) is 6.05. The second kappa shape index (κ2) is 5.18. The maximum atomic E-state index is 4.21. The molecular weight excluding hydrogens is 222 g/mol. The lowest BCUT2D eigenvalue weighted by Crippen LogP contribution is -2.17. The van der Waals surface area contributed by atoms with Gasteiger partial charge in [-0.1, -0.05) is 4.49 Å². The van der Waals surface area contributed by atoms with Crippen LogP contribution in [0.2, 0.25) is 0 Å². The van der Waals surface area contributed by atoms with Crippen molar-refractivity contribution in [3.05, 3.63) is 28.5 Å². The van der Waals surface area contributed by atoms with Crippen LogP contribution in [0.4, 0.5) is 0 Å². The molecule has 0 aliphatic heterocycles. The number of hydrogen-bond donors (Lipinski definition) is 1. The molecule has 0 unspecified atom stereocenters. The second-order valence-corrected chi connectivity index (χ2v) is 4.31. The molecule has 0 saturated carbocycles. The quantitative estimate of drug-likeness (QED) is 0.785. The molecule has 0 amide bonds. The van der Waals surface area contributed by atoms with Crippen molar-refractivity contribution in [1.82, 2.24) is 24.7 Å². The molecule has 2 aromatic heterocycles. The van der Waals surface area contributed by atoms with E-state index < -0.39 is 0 Å². The second-order valence-electron chi connectivity index (χ2n) is 3.70. The summed E-state index contributed by atoms with van der Waals surface area (Å²) in [6.45, 7) is 3.81. The van der Waals surface area contributed by atoms with E-state index in [0.29, 0.717) is 0 Å². The van der Waals surface area contributed by atoms with E-state index in [-0.39, 0.29) is 0 Å². The molecule has 2 rings (SSSR count). The molecule has 0 bridgehead atoms. The third-order valence-electron chi connectivity index (χ3n) is 2.62. The van der Waals surface area contributed by atoms with Gasteiger partial charge in [0.05, 0.1) is 11.9 Å². The zero-order chi connectivity index (χ0) is 11.4. The van der Waals surface area contributed by atoms with Gasteiger partial charge in [-0.2, -0.15) is 5.10 Å². The van der Waals surface area contributed by atoms with Crippen LogP contribution in [0.1, 0.15) is 17.0 Å². The van der Waals surface area contributed by atoms with Crippen LogP contribution in [0.25, 0.3) is 0 Å². The van der Waals surface area contributed by atoms with Crippen LogP contribution >= 0.6 is 11.5 Å². The van der Waals surface area contributed by atoms with Crippen molar-refractivity contribution in [2.24, 2.45) is 7.05 Å². The predicted molar refractivity (Wildman–Crippen MR) is 63.3 cm³/mol. The van der Waals surface area contributed by atoms with Gasteiger partial charge in [-0.3, -0.25) is 4.68 Å². The molecule has 0 spiro atoms. The number of rotatable bonds is 5. The van der Waals surface area contributed by atoms with Gasteiger partial charge in [0.1, 0.15) is 0 Å². The molecule has 0 saturated heterocycles. The highest BCUT2D eigenvalue weighted by Gasteiger charge is 2.02. The van der Waals surface area contributed by atoms with Gasteiger partial charge in [-0.15, -0.1) is 5.10 Å². The molecule has 5 nitrogen and oxygen atoms in total. The molecule has 0 aliphatic carbocycles. The zero-order valence-corrected chi connectivity index (χ0v) is 10.3. The Kier molecular flexibility index (Phi) is 3.63. The third kappa shape index (κ3) is 2.65.